The van der Waals surface area contributed by atoms with Gasteiger partial charge in [-0.15, -0.1) is 0 Å². The first-order valence-corrected chi connectivity index (χ1v) is 8.72. The Morgan fingerprint density at radius 2 is 1.80 bits per heavy atom. The van der Waals surface area contributed by atoms with Crippen LogP contribution in [0.5, 0.6) is 0 Å². The van der Waals surface area contributed by atoms with E-state index < -0.39 is 0 Å². The van der Waals surface area contributed by atoms with Crippen molar-refractivity contribution in [1.82, 2.24) is 4.90 Å². The Kier molecular flexibility index (Phi) is 3.46. The lowest BCUT2D eigenvalue weighted by atomic mass is 9.84. The molecule has 4 atom stereocenters. The Hall–Kier alpha value is -1.14. The summed E-state index contributed by atoms with van der Waals surface area (Å²) in [6.07, 6.45) is 1.05. The number of nitrogens with zero attached hydrogens (tertiary/aromatic N) is 1. The molecule has 2 aliphatic heterocycles. The second-order valence-electron chi connectivity index (χ2n) is 6.14. The van der Waals surface area contributed by atoms with Crippen molar-refractivity contribution in [2.75, 3.05) is 14.1 Å². The standard InChI is InChI=1S/C17H22NOP/c1-11-12(2)16-14(17(19)18(3)4)10-15(11)20(16)13-8-6-5-7-9-13/h5-9,14-16H,10H2,1-4H3/t14-,15-,16-,20?/m1/s1. The van der Waals surface area contributed by atoms with Crippen LogP contribution in [0.1, 0.15) is 20.3 Å². The van der Waals surface area contributed by atoms with E-state index in [2.05, 4.69) is 44.2 Å². The van der Waals surface area contributed by atoms with Crippen molar-refractivity contribution in [2.45, 2.75) is 31.6 Å². The summed E-state index contributed by atoms with van der Waals surface area (Å²) in [5.41, 5.74) is 4.11. The van der Waals surface area contributed by atoms with Crippen molar-refractivity contribution in [3.05, 3.63) is 41.5 Å². The van der Waals surface area contributed by atoms with Crippen molar-refractivity contribution >= 4 is 19.1 Å². The molecule has 1 aromatic rings. The lowest BCUT2D eigenvalue weighted by molar-refractivity contribution is -0.132. The second kappa shape index (κ2) is 5.00. The first-order valence-electron chi connectivity index (χ1n) is 7.24. The number of allylic oxidation sites excluding steroid dienone is 2. The molecule has 1 unspecified atom stereocenters. The van der Waals surface area contributed by atoms with E-state index in [1.165, 1.54) is 10.9 Å². The minimum atomic E-state index is -0.248. The highest BCUT2D eigenvalue weighted by Gasteiger charge is 2.53. The van der Waals surface area contributed by atoms with Gasteiger partial charge in [0.15, 0.2) is 0 Å². The Balaban J connectivity index is 1.98. The molecule has 106 valence electrons. The summed E-state index contributed by atoms with van der Waals surface area (Å²) in [6.45, 7) is 4.52. The Labute approximate surface area is 122 Å². The zero-order chi connectivity index (χ0) is 14.4. The molecule has 0 aliphatic carbocycles. The summed E-state index contributed by atoms with van der Waals surface area (Å²) in [5, 5.41) is 1.46. The molecule has 2 aliphatic rings. The SMILES string of the molecule is CC1=C(C)[C@@H]2[C@H](C(=O)N(C)C)C[C@H]1P2c1ccccc1. The van der Waals surface area contributed by atoms with Crippen LogP contribution in [0, 0.1) is 5.92 Å². The van der Waals surface area contributed by atoms with Crippen LogP contribution in [-0.4, -0.2) is 36.2 Å². The average molecular weight is 287 g/mol. The van der Waals surface area contributed by atoms with Gasteiger partial charge in [0, 0.05) is 31.3 Å². The fraction of sp³-hybridized carbons (Fsp3) is 0.471. The third-order valence-electron chi connectivity index (χ3n) is 4.87. The van der Waals surface area contributed by atoms with Crippen LogP contribution in [-0.2, 0) is 4.79 Å². The number of benzene rings is 1. The van der Waals surface area contributed by atoms with E-state index in [1.807, 2.05) is 14.1 Å². The molecule has 2 bridgehead atoms. The molecule has 1 aromatic carbocycles. The molecule has 3 heteroatoms. The van der Waals surface area contributed by atoms with Gasteiger partial charge >= 0.3 is 0 Å². The van der Waals surface area contributed by atoms with E-state index in [1.54, 1.807) is 10.5 Å². The van der Waals surface area contributed by atoms with Crippen molar-refractivity contribution < 1.29 is 4.79 Å². The number of hydrogen-bond acceptors (Lipinski definition) is 1. The molecular weight excluding hydrogens is 265 g/mol. The molecule has 0 spiro atoms. The minimum absolute atomic E-state index is 0.199. The van der Waals surface area contributed by atoms with E-state index >= 15 is 0 Å². The van der Waals surface area contributed by atoms with E-state index in [4.69, 9.17) is 0 Å². The molecule has 1 saturated heterocycles. The first-order chi connectivity index (χ1) is 9.52. The molecule has 0 saturated carbocycles. The van der Waals surface area contributed by atoms with E-state index in [0.29, 0.717) is 17.2 Å². The highest BCUT2D eigenvalue weighted by atomic mass is 31.1. The number of fused-ring (bicyclic) bond motifs is 2. The third-order valence-corrected chi connectivity index (χ3v) is 8.38. The van der Waals surface area contributed by atoms with Crippen molar-refractivity contribution in [1.29, 1.82) is 0 Å². The smallest absolute Gasteiger partial charge is 0.226 e. The topological polar surface area (TPSA) is 20.3 Å². The van der Waals surface area contributed by atoms with E-state index in [9.17, 15) is 4.79 Å². The summed E-state index contributed by atoms with van der Waals surface area (Å²) in [4.78, 5) is 14.2. The summed E-state index contributed by atoms with van der Waals surface area (Å²) in [5.74, 6) is 0.512. The molecule has 2 heterocycles. The number of carbonyl (C=O) groups excluding carboxylic acids is 1. The Morgan fingerprint density at radius 3 is 2.40 bits per heavy atom. The lowest BCUT2D eigenvalue weighted by Crippen LogP contribution is -2.35. The van der Waals surface area contributed by atoms with Crippen LogP contribution in [0.15, 0.2) is 41.5 Å². The van der Waals surface area contributed by atoms with Crippen molar-refractivity contribution in [3.8, 4) is 0 Å². The molecule has 0 aromatic heterocycles. The van der Waals surface area contributed by atoms with Crippen LogP contribution in [0.25, 0.3) is 0 Å². The predicted octanol–water partition coefficient (Wildman–Crippen LogP) is 2.99. The van der Waals surface area contributed by atoms with Gasteiger partial charge in [0.1, 0.15) is 0 Å². The van der Waals surface area contributed by atoms with Gasteiger partial charge in [0.2, 0.25) is 5.91 Å². The largest absolute Gasteiger partial charge is 0.349 e. The van der Waals surface area contributed by atoms with Crippen molar-refractivity contribution in [2.24, 2.45) is 5.92 Å². The van der Waals surface area contributed by atoms with Crippen LogP contribution in [0.2, 0.25) is 0 Å². The predicted molar refractivity (Wildman–Crippen MR) is 85.7 cm³/mol. The zero-order valence-electron chi connectivity index (χ0n) is 12.6. The van der Waals surface area contributed by atoms with Gasteiger partial charge in [0.05, 0.1) is 0 Å². The Bertz CT molecular complexity index is 564. The van der Waals surface area contributed by atoms with Gasteiger partial charge in [-0.3, -0.25) is 4.79 Å². The van der Waals surface area contributed by atoms with Gasteiger partial charge in [-0.05, 0) is 25.6 Å². The van der Waals surface area contributed by atoms with Crippen LogP contribution < -0.4 is 5.30 Å². The first kappa shape index (κ1) is 13.8. The molecule has 20 heavy (non-hydrogen) atoms. The lowest BCUT2D eigenvalue weighted by Gasteiger charge is -2.26. The highest BCUT2D eigenvalue weighted by molar-refractivity contribution is 7.68. The molecule has 1 amide bonds. The molecule has 3 rings (SSSR count). The monoisotopic (exact) mass is 287 g/mol. The van der Waals surface area contributed by atoms with Gasteiger partial charge in [-0.1, -0.05) is 49.4 Å². The Morgan fingerprint density at radius 1 is 1.15 bits per heavy atom. The van der Waals surface area contributed by atoms with Crippen LogP contribution >= 0.6 is 7.92 Å². The van der Waals surface area contributed by atoms with Crippen molar-refractivity contribution in [3.63, 3.8) is 0 Å². The van der Waals surface area contributed by atoms with Gasteiger partial charge in [0.25, 0.3) is 0 Å². The quantitative estimate of drug-likeness (QED) is 0.605. The molecule has 2 nitrogen and oxygen atoms in total. The molecule has 0 radical (unpaired) electrons. The van der Waals surface area contributed by atoms with E-state index in [0.717, 1.165) is 6.42 Å². The average Bonchev–Trinajstić information content (AvgIpc) is 2.94. The summed E-state index contributed by atoms with van der Waals surface area (Å²) in [7, 11) is 3.51. The molecule has 0 N–H and O–H groups in total. The van der Waals surface area contributed by atoms with E-state index in [-0.39, 0.29) is 13.8 Å². The van der Waals surface area contributed by atoms with Gasteiger partial charge in [-0.2, -0.15) is 0 Å². The fourth-order valence-corrected chi connectivity index (χ4v) is 7.69. The number of carbonyl (C=O) groups is 1. The zero-order valence-corrected chi connectivity index (χ0v) is 13.5. The number of hydrogen-bond donors (Lipinski definition) is 0. The normalized spacial score (nSPS) is 31.8. The summed E-state index contributed by atoms with van der Waals surface area (Å²) < 4.78 is 0. The number of rotatable bonds is 2. The van der Waals surface area contributed by atoms with Gasteiger partial charge in [-0.25, -0.2) is 0 Å². The fourth-order valence-electron chi connectivity index (χ4n) is 3.77. The third kappa shape index (κ3) is 1.93. The minimum Gasteiger partial charge on any atom is -0.349 e. The van der Waals surface area contributed by atoms with Crippen LogP contribution in [0.4, 0.5) is 0 Å². The summed E-state index contributed by atoms with van der Waals surface area (Å²) in [6, 6.07) is 10.8. The highest BCUT2D eigenvalue weighted by Crippen LogP contribution is 2.67. The van der Waals surface area contributed by atoms with Gasteiger partial charge < -0.3 is 4.90 Å². The summed E-state index contributed by atoms with van der Waals surface area (Å²) >= 11 is 0. The number of amides is 1. The maximum atomic E-state index is 12.5. The second-order valence-corrected chi connectivity index (χ2v) is 8.65. The maximum absolute atomic E-state index is 12.5. The molecule has 1 fully saturated rings. The van der Waals surface area contributed by atoms with Crippen LogP contribution in [0.3, 0.4) is 0 Å². The molecular formula is C17H22NOP. The maximum Gasteiger partial charge on any atom is 0.226 e.